The van der Waals surface area contributed by atoms with E-state index in [0.29, 0.717) is 17.6 Å². The van der Waals surface area contributed by atoms with E-state index in [4.69, 9.17) is 5.73 Å². The third kappa shape index (κ3) is 3.22. The fourth-order valence-electron chi connectivity index (χ4n) is 3.09. The number of piperazine rings is 1. The van der Waals surface area contributed by atoms with Gasteiger partial charge in [0.25, 0.3) is 0 Å². The molecule has 0 aromatic carbocycles. The van der Waals surface area contributed by atoms with Crippen LogP contribution in [-0.4, -0.2) is 52.0 Å². The quantitative estimate of drug-likeness (QED) is 0.895. The molecule has 0 radical (unpaired) electrons. The average Bonchev–Trinajstić information content (AvgIpc) is 2.71. The van der Waals surface area contributed by atoms with Crippen molar-refractivity contribution in [1.29, 1.82) is 0 Å². The molecule has 1 aromatic heterocycles. The van der Waals surface area contributed by atoms with Crippen molar-refractivity contribution in [2.75, 3.05) is 19.6 Å². The molecule has 2 rings (SSSR count). The summed E-state index contributed by atoms with van der Waals surface area (Å²) in [5, 5.41) is 0. The largest absolute Gasteiger partial charge is 0.366 e. The number of hydrogen-bond acceptors (Lipinski definition) is 3. The molecule has 0 bridgehead atoms. The minimum Gasteiger partial charge on any atom is -0.366 e. The Labute approximate surface area is 121 Å². The summed E-state index contributed by atoms with van der Waals surface area (Å²) in [7, 11) is 1.97. The highest BCUT2D eigenvalue weighted by Gasteiger charge is 2.25. The van der Waals surface area contributed by atoms with Crippen LogP contribution in [0.15, 0.2) is 12.3 Å². The first-order valence-corrected chi connectivity index (χ1v) is 7.31. The van der Waals surface area contributed by atoms with E-state index in [1.807, 2.05) is 23.9 Å². The summed E-state index contributed by atoms with van der Waals surface area (Å²) in [5.74, 6) is -0.357. The first-order chi connectivity index (χ1) is 9.38. The maximum atomic E-state index is 11.2. The fourth-order valence-corrected chi connectivity index (χ4v) is 3.09. The molecule has 1 aliphatic rings. The lowest BCUT2D eigenvalue weighted by molar-refractivity contribution is 0.0554. The molecule has 0 saturated carbocycles. The van der Waals surface area contributed by atoms with Crippen LogP contribution < -0.4 is 5.73 Å². The molecule has 20 heavy (non-hydrogen) atoms. The van der Waals surface area contributed by atoms with E-state index in [1.54, 1.807) is 0 Å². The van der Waals surface area contributed by atoms with E-state index < -0.39 is 0 Å². The van der Waals surface area contributed by atoms with Gasteiger partial charge < -0.3 is 10.3 Å². The van der Waals surface area contributed by atoms with Crippen molar-refractivity contribution in [3.63, 3.8) is 0 Å². The Kier molecular flexibility index (Phi) is 4.50. The number of carbonyl (C=O) groups is 1. The van der Waals surface area contributed by atoms with E-state index in [9.17, 15) is 4.79 Å². The monoisotopic (exact) mass is 278 g/mol. The van der Waals surface area contributed by atoms with Crippen LogP contribution in [0.3, 0.4) is 0 Å². The van der Waals surface area contributed by atoms with Crippen LogP contribution in [0, 0.1) is 0 Å². The second-order valence-electron chi connectivity index (χ2n) is 6.11. The van der Waals surface area contributed by atoms with Crippen molar-refractivity contribution in [3.05, 3.63) is 23.5 Å². The summed E-state index contributed by atoms with van der Waals surface area (Å²) in [5.41, 5.74) is 7.07. The van der Waals surface area contributed by atoms with Crippen LogP contribution in [-0.2, 0) is 13.6 Å². The lowest BCUT2D eigenvalue weighted by Gasteiger charge is -2.42. The number of aromatic nitrogens is 1. The zero-order valence-corrected chi connectivity index (χ0v) is 13.0. The third-order valence-corrected chi connectivity index (χ3v) is 4.20. The van der Waals surface area contributed by atoms with Gasteiger partial charge in [-0.1, -0.05) is 0 Å². The number of amides is 1. The Hall–Kier alpha value is -1.33. The van der Waals surface area contributed by atoms with Crippen molar-refractivity contribution in [1.82, 2.24) is 14.4 Å². The zero-order chi connectivity index (χ0) is 14.9. The minimum absolute atomic E-state index is 0.357. The lowest BCUT2D eigenvalue weighted by atomic mass is 10.1. The molecule has 0 spiro atoms. The normalized spacial score (nSPS) is 21.6. The van der Waals surface area contributed by atoms with Gasteiger partial charge in [0, 0.05) is 57.2 Å². The first kappa shape index (κ1) is 15.1. The van der Waals surface area contributed by atoms with Crippen LogP contribution in [0.5, 0.6) is 0 Å². The van der Waals surface area contributed by atoms with Crippen LogP contribution in [0.25, 0.3) is 0 Å². The Morgan fingerprint density at radius 1 is 1.45 bits per heavy atom. The summed E-state index contributed by atoms with van der Waals surface area (Å²) >= 11 is 0. The van der Waals surface area contributed by atoms with Crippen molar-refractivity contribution < 1.29 is 4.79 Å². The zero-order valence-electron chi connectivity index (χ0n) is 13.0. The minimum atomic E-state index is -0.357. The molecule has 1 atom stereocenters. The molecule has 2 N–H and O–H groups in total. The highest BCUT2D eigenvalue weighted by molar-refractivity contribution is 5.92. The number of primary amides is 1. The van der Waals surface area contributed by atoms with E-state index in [-0.39, 0.29) is 5.91 Å². The number of hydrogen-bond donors (Lipinski definition) is 1. The van der Waals surface area contributed by atoms with E-state index in [2.05, 4.69) is 30.6 Å². The Bertz CT molecular complexity index is 480. The molecule has 2 heterocycles. The third-order valence-electron chi connectivity index (χ3n) is 4.20. The van der Waals surface area contributed by atoms with Gasteiger partial charge in [-0.3, -0.25) is 14.6 Å². The number of nitrogens with zero attached hydrogens (tertiary/aromatic N) is 3. The van der Waals surface area contributed by atoms with Crippen LogP contribution in [0.4, 0.5) is 0 Å². The summed E-state index contributed by atoms with van der Waals surface area (Å²) in [4.78, 5) is 16.2. The maximum Gasteiger partial charge on any atom is 0.250 e. The molecule has 1 aliphatic heterocycles. The Morgan fingerprint density at radius 2 is 2.15 bits per heavy atom. The maximum absolute atomic E-state index is 11.2. The van der Waals surface area contributed by atoms with Gasteiger partial charge >= 0.3 is 0 Å². The SMILES string of the molecule is CC(C)N1CCN(Cc2cc(C(N)=O)cn2C)C[C@H]1C. The second kappa shape index (κ2) is 5.97. The number of rotatable bonds is 4. The van der Waals surface area contributed by atoms with Gasteiger partial charge in [-0.15, -0.1) is 0 Å². The van der Waals surface area contributed by atoms with E-state index >= 15 is 0 Å². The molecular weight excluding hydrogens is 252 g/mol. The lowest BCUT2D eigenvalue weighted by Crippen LogP contribution is -2.53. The molecule has 1 saturated heterocycles. The molecular formula is C15H26N4O. The molecule has 1 fully saturated rings. The van der Waals surface area contributed by atoms with Gasteiger partial charge in [-0.25, -0.2) is 0 Å². The Balaban J connectivity index is 2.00. The predicted octanol–water partition coefficient (Wildman–Crippen LogP) is 1.04. The summed E-state index contributed by atoms with van der Waals surface area (Å²) in [6.45, 7) is 10.9. The van der Waals surface area contributed by atoms with Gasteiger partial charge in [0.1, 0.15) is 0 Å². The second-order valence-corrected chi connectivity index (χ2v) is 6.11. The van der Waals surface area contributed by atoms with Crippen molar-refractivity contribution in [2.45, 2.75) is 39.4 Å². The van der Waals surface area contributed by atoms with Crippen LogP contribution in [0.2, 0.25) is 0 Å². The standard InChI is InChI=1S/C15H26N4O/c1-11(2)19-6-5-18(8-12(19)3)10-14-7-13(15(16)20)9-17(14)4/h7,9,11-12H,5-6,8,10H2,1-4H3,(H2,16,20)/t12-/m1/s1. The predicted molar refractivity (Wildman–Crippen MR) is 80.5 cm³/mol. The van der Waals surface area contributed by atoms with Gasteiger partial charge in [-0.2, -0.15) is 0 Å². The van der Waals surface area contributed by atoms with E-state index in [0.717, 1.165) is 31.9 Å². The van der Waals surface area contributed by atoms with Crippen molar-refractivity contribution >= 4 is 5.91 Å². The molecule has 5 heteroatoms. The van der Waals surface area contributed by atoms with Crippen molar-refractivity contribution in [3.8, 4) is 0 Å². The van der Waals surface area contributed by atoms with Crippen LogP contribution >= 0.6 is 0 Å². The van der Waals surface area contributed by atoms with Gasteiger partial charge in [0.05, 0.1) is 5.56 Å². The van der Waals surface area contributed by atoms with Gasteiger partial charge in [0.2, 0.25) is 5.91 Å². The summed E-state index contributed by atoms with van der Waals surface area (Å²) in [6, 6.07) is 3.07. The molecule has 0 aliphatic carbocycles. The summed E-state index contributed by atoms with van der Waals surface area (Å²) in [6.07, 6.45) is 1.81. The summed E-state index contributed by atoms with van der Waals surface area (Å²) < 4.78 is 2.00. The van der Waals surface area contributed by atoms with Gasteiger partial charge in [-0.05, 0) is 26.8 Å². The molecule has 1 aromatic rings. The van der Waals surface area contributed by atoms with Gasteiger partial charge in [0.15, 0.2) is 0 Å². The molecule has 1 amide bonds. The van der Waals surface area contributed by atoms with Crippen molar-refractivity contribution in [2.24, 2.45) is 12.8 Å². The van der Waals surface area contributed by atoms with E-state index in [1.165, 1.54) is 0 Å². The average molecular weight is 278 g/mol. The first-order valence-electron chi connectivity index (χ1n) is 7.31. The molecule has 5 nitrogen and oxygen atoms in total. The highest BCUT2D eigenvalue weighted by Crippen LogP contribution is 2.16. The fraction of sp³-hybridized carbons (Fsp3) is 0.667. The Morgan fingerprint density at radius 3 is 2.65 bits per heavy atom. The number of nitrogens with two attached hydrogens (primary N) is 1. The highest BCUT2D eigenvalue weighted by atomic mass is 16.1. The van der Waals surface area contributed by atoms with Crippen LogP contribution in [0.1, 0.15) is 36.8 Å². The molecule has 112 valence electrons. The topological polar surface area (TPSA) is 54.5 Å². The smallest absolute Gasteiger partial charge is 0.250 e. The molecule has 0 unspecified atom stereocenters. The number of carbonyl (C=O) groups excluding carboxylic acids is 1. The number of aryl methyl sites for hydroxylation is 1.